The van der Waals surface area contributed by atoms with Gasteiger partial charge in [-0.25, -0.2) is 4.98 Å². The largest absolute Gasteiger partial charge is 0.377 e. The van der Waals surface area contributed by atoms with E-state index in [2.05, 4.69) is 120 Å². The molecule has 0 aliphatic carbocycles. The lowest BCUT2D eigenvalue weighted by Crippen LogP contribution is -2.34. The highest BCUT2D eigenvalue weighted by atomic mass is 32.1. The van der Waals surface area contributed by atoms with Crippen LogP contribution in [0, 0.1) is 45.0 Å². The van der Waals surface area contributed by atoms with Crippen molar-refractivity contribution in [3.05, 3.63) is 104 Å². The standard InChI is InChI=1S/C20H19N5S.C12H12N2OS.C10H19NO5.C7H17N.C6H11NO/c1-12-13(2)26-20-18(12)19(22-11-17-24-23-14(3)25(17)20)16-8-6-15(7-9-16)5-4-10-21;1-9-12(16-8-14-9)11-4-2-10(3-5-11)6-13-7-15;1-10(13)11-2-4-14-6-8-16-9-7-15-5-3-12;1-6(8-5)7(2,3)4;1-6-3-2-4-7(6)5-8/h6-9H,10-11,21H2,1-3H3;2-5,7-8H,6H2,1H3,(H,13,15);3H,2,4-9H2,1H3,(H,11,13);6,8H,1-5H3;5-6H,2-4H2,1H3/t;;;;6-/m....1/s1. The van der Waals surface area contributed by atoms with E-state index in [1.165, 1.54) is 46.2 Å². The second-order valence-corrected chi connectivity index (χ2v) is 20.4. The van der Waals surface area contributed by atoms with Crippen molar-refractivity contribution >= 4 is 53.4 Å². The SMILES string of the molecule is CC(=O)NCCOCCOCCOCC=O.CNC(C)C(C)(C)C.C[C@@H]1CCCN1C=O.Cc1ncsc1-c1ccc(CNC=O)cc1.Cc1sc2c(c1C)C(c1ccc(C#CCN)cc1)=NCc1nnc(C)n1-2. The van der Waals surface area contributed by atoms with Gasteiger partial charge in [0.15, 0.2) is 5.82 Å². The Labute approximate surface area is 446 Å². The maximum absolute atomic E-state index is 10.5. The number of benzene rings is 2. The molecule has 0 saturated carbocycles. The van der Waals surface area contributed by atoms with Gasteiger partial charge in [0.05, 0.1) is 61.4 Å². The van der Waals surface area contributed by atoms with Gasteiger partial charge in [0.25, 0.3) is 0 Å². The molecule has 2 aliphatic rings. The topological polar surface area (TPSA) is 217 Å². The lowest BCUT2D eigenvalue weighted by molar-refractivity contribution is -0.119. The summed E-state index contributed by atoms with van der Waals surface area (Å²) in [5.41, 5.74) is 16.5. The first-order chi connectivity index (χ1) is 35.5. The number of carbonyl (C=O) groups is 4. The number of fused-ring (bicyclic) bond motifs is 3. The molecular formula is C55H78N10O7S2. The number of thiazole rings is 1. The minimum Gasteiger partial charge on any atom is -0.377 e. The molecule has 74 heavy (non-hydrogen) atoms. The third-order valence-electron chi connectivity index (χ3n) is 11.9. The van der Waals surface area contributed by atoms with Crippen LogP contribution in [0.2, 0.25) is 0 Å². The minimum atomic E-state index is -0.0628. The number of aromatic nitrogens is 4. The van der Waals surface area contributed by atoms with Gasteiger partial charge in [-0.1, -0.05) is 69.0 Å². The van der Waals surface area contributed by atoms with E-state index in [9.17, 15) is 19.2 Å². The number of amides is 3. The summed E-state index contributed by atoms with van der Waals surface area (Å²) >= 11 is 3.41. The van der Waals surface area contributed by atoms with Gasteiger partial charge in [0.1, 0.15) is 30.3 Å². The van der Waals surface area contributed by atoms with Crippen molar-refractivity contribution in [2.24, 2.45) is 16.1 Å². The number of likely N-dealkylation sites (tertiary alicyclic amines) is 1. The number of ether oxygens (including phenoxy) is 3. The maximum Gasteiger partial charge on any atom is 0.216 e. The summed E-state index contributed by atoms with van der Waals surface area (Å²) in [6.07, 6.45) is 4.71. The van der Waals surface area contributed by atoms with E-state index in [0.717, 1.165) is 57.7 Å². The highest BCUT2D eigenvalue weighted by Crippen LogP contribution is 2.36. The number of thiophene rings is 1. The molecule has 5 aromatic rings. The zero-order valence-electron chi connectivity index (χ0n) is 45.2. The van der Waals surface area contributed by atoms with E-state index in [-0.39, 0.29) is 12.5 Å². The predicted octanol–water partition coefficient (Wildman–Crippen LogP) is 6.92. The van der Waals surface area contributed by atoms with Crippen molar-refractivity contribution in [3.8, 4) is 27.3 Å². The number of rotatable bonds is 18. The van der Waals surface area contributed by atoms with Crippen molar-refractivity contribution < 1.29 is 33.4 Å². The van der Waals surface area contributed by atoms with E-state index in [1.54, 1.807) is 22.7 Å². The van der Waals surface area contributed by atoms with Crippen LogP contribution in [0.15, 0.2) is 59.0 Å². The number of hydrogen-bond acceptors (Lipinski definition) is 15. The molecule has 2 atom stereocenters. The van der Waals surface area contributed by atoms with Gasteiger partial charge in [-0.15, -0.1) is 32.9 Å². The van der Waals surface area contributed by atoms with Crippen LogP contribution in [-0.2, 0) is 46.5 Å². The Hall–Kier alpha value is -5.98. The van der Waals surface area contributed by atoms with Crippen molar-refractivity contribution in [2.75, 3.05) is 66.3 Å². The summed E-state index contributed by atoms with van der Waals surface area (Å²) in [4.78, 5) is 54.1. The van der Waals surface area contributed by atoms with Crippen molar-refractivity contribution in [1.29, 1.82) is 0 Å². The van der Waals surface area contributed by atoms with E-state index >= 15 is 0 Å². The van der Waals surface area contributed by atoms with E-state index < -0.39 is 0 Å². The van der Waals surface area contributed by atoms with Gasteiger partial charge in [0.2, 0.25) is 18.7 Å². The molecule has 17 nitrogen and oxygen atoms in total. The first-order valence-corrected chi connectivity index (χ1v) is 26.5. The first kappa shape index (κ1) is 62.3. The number of aryl methyl sites for hydroxylation is 3. The Morgan fingerprint density at radius 1 is 0.946 bits per heavy atom. The van der Waals surface area contributed by atoms with Crippen LogP contribution < -0.4 is 21.7 Å². The van der Waals surface area contributed by atoms with Crippen LogP contribution in [0.3, 0.4) is 0 Å². The molecule has 1 unspecified atom stereocenters. The fourth-order valence-corrected chi connectivity index (χ4v) is 9.11. The Morgan fingerprint density at radius 3 is 2.14 bits per heavy atom. The van der Waals surface area contributed by atoms with E-state index in [1.807, 2.05) is 55.6 Å². The summed E-state index contributed by atoms with van der Waals surface area (Å²) in [7, 11) is 2.00. The molecular weight excluding hydrogens is 977 g/mol. The highest BCUT2D eigenvalue weighted by molar-refractivity contribution is 7.15. The van der Waals surface area contributed by atoms with E-state index in [4.69, 9.17) is 24.9 Å². The van der Waals surface area contributed by atoms with E-state index in [0.29, 0.717) is 89.4 Å². The summed E-state index contributed by atoms with van der Waals surface area (Å²) in [5, 5.41) is 18.2. The van der Waals surface area contributed by atoms with Crippen molar-refractivity contribution in [1.82, 2.24) is 40.6 Å². The molecule has 0 spiro atoms. The Balaban J connectivity index is 0.000000263. The van der Waals surface area contributed by atoms with Crippen LogP contribution in [-0.4, -0.2) is 134 Å². The van der Waals surface area contributed by atoms with Gasteiger partial charge in [-0.05, 0) is 95.7 Å². The van der Waals surface area contributed by atoms with Crippen LogP contribution in [0.25, 0.3) is 15.4 Å². The molecule has 19 heteroatoms. The van der Waals surface area contributed by atoms with Gasteiger partial charge < -0.3 is 45.6 Å². The number of hydrogen-bond donors (Lipinski definition) is 4. The first-order valence-electron chi connectivity index (χ1n) is 24.8. The molecule has 2 aliphatic heterocycles. The third kappa shape index (κ3) is 21.1. The zero-order valence-corrected chi connectivity index (χ0v) is 46.8. The molecule has 2 aromatic carbocycles. The Bertz CT molecular complexity index is 2560. The molecule has 1 fully saturated rings. The van der Waals surface area contributed by atoms with Gasteiger partial charge >= 0.3 is 0 Å². The molecule has 3 aromatic heterocycles. The molecule has 402 valence electrons. The van der Waals surface area contributed by atoms with Crippen LogP contribution in [0.1, 0.15) is 104 Å². The van der Waals surface area contributed by atoms with Crippen LogP contribution >= 0.6 is 22.7 Å². The second kappa shape index (κ2) is 33.8. The average molecular weight is 1060 g/mol. The summed E-state index contributed by atoms with van der Waals surface area (Å²) < 4.78 is 17.3. The molecule has 1 saturated heterocycles. The summed E-state index contributed by atoms with van der Waals surface area (Å²) in [6.45, 7) is 26.1. The van der Waals surface area contributed by atoms with Crippen LogP contribution in [0.4, 0.5) is 0 Å². The van der Waals surface area contributed by atoms with Crippen molar-refractivity contribution in [3.63, 3.8) is 0 Å². The lowest BCUT2D eigenvalue weighted by atomic mass is 9.88. The molecule has 5 heterocycles. The number of aliphatic imine (C=N–C) groups is 1. The predicted molar refractivity (Wildman–Crippen MR) is 297 cm³/mol. The molecule has 0 bridgehead atoms. The number of nitrogens with one attached hydrogen (secondary N) is 3. The lowest BCUT2D eigenvalue weighted by Gasteiger charge is -2.26. The van der Waals surface area contributed by atoms with Crippen LogP contribution in [0.5, 0.6) is 0 Å². The monoisotopic (exact) mass is 1050 g/mol. The molecule has 0 radical (unpaired) electrons. The van der Waals surface area contributed by atoms with Gasteiger partial charge in [-0.2, -0.15) is 0 Å². The molecule has 5 N–H and O–H groups in total. The smallest absolute Gasteiger partial charge is 0.216 e. The highest BCUT2D eigenvalue weighted by Gasteiger charge is 2.26. The zero-order chi connectivity index (χ0) is 54.5. The summed E-state index contributed by atoms with van der Waals surface area (Å²) in [5.74, 6) is 7.66. The van der Waals surface area contributed by atoms with Crippen molar-refractivity contribution in [2.45, 2.75) is 107 Å². The second-order valence-electron chi connectivity index (χ2n) is 18.3. The fourth-order valence-electron chi connectivity index (χ4n) is 7.08. The average Bonchev–Trinajstić information content (AvgIpc) is 4.16. The number of nitrogens with two attached hydrogens (primary N) is 1. The van der Waals surface area contributed by atoms with Gasteiger partial charge in [-0.3, -0.25) is 23.9 Å². The molecule has 3 amide bonds. The minimum absolute atomic E-state index is 0.0628. The third-order valence-corrected chi connectivity index (χ3v) is 14.1. The normalized spacial score (nSPS) is 13.6. The maximum atomic E-state index is 10.5. The summed E-state index contributed by atoms with van der Waals surface area (Å²) in [6, 6.07) is 17.4. The van der Waals surface area contributed by atoms with Gasteiger partial charge in [0, 0.05) is 60.2 Å². The number of carbonyl (C=O) groups excluding carboxylic acids is 4. The number of aldehydes is 1. The molecule has 7 rings (SSSR count). The Kier molecular flexibility index (Phi) is 28.4. The number of nitrogens with zero attached hydrogens (tertiary/aromatic N) is 6. The Morgan fingerprint density at radius 2 is 1.61 bits per heavy atom. The fraction of sp³-hybridized carbons (Fsp3) is 0.491. The quantitative estimate of drug-likeness (QED) is 0.0400.